The van der Waals surface area contributed by atoms with Gasteiger partial charge >= 0.3 is 0 Å². The number of carbonyl (C=O) groups is 1. The molecule has 0 radical (unpaired) electrons. The molecule has 0 unspecified atom stereocenters. The molecule has 0 aliphatic carbocycles. The molecule has 0 aliphatic rings. The third-order valence-electron chi connectivity index (χ3n) is 3.28. The van der Waals surface area contributed by atoms with Gasteiger partial charge in [-0.25, -0.2) is 0 Å². The fourth-order valence-corrected chi connectivity index (χ4v) is 2.76. The quantitative estimate of drug-likeness (QED) is 0.923. The monoisotopic (exact) mass is 299 g/mol. The predicted octanol–water partition coefficient (Wildman–Crippen LogP) is 2.65. The molecule has 1 N–H and O–H groups in total. The van der Waals surface area contributed by atoms with E-state index in [0.29, 0.717) is 17.7 Å². The number of rotatable bonds is 5. The fraction of sp³-hybridized carbons (Fsp3) is 0.250. The first-order chi connectivity index (χ1) is 10.1. The van der Waals surface area contributed by atoms with E-state index in [0.717, 1.165) is 0 Å². The molecule has 0 spiro atoms. The third kappa shape index (κ3) is 3.91. The van der Waals surface area contributed by atoms with Gasteiger partial charge in [0.1, 0.15) is 0 Å². The lowest BCUT2D eigenvalue weighted by atomic mass is 10.1. The zero-order chi connectivity index (χ0) is 15.2. The Morgan fingerprint density at radius 2 is 2.05 bits per heavy atom. The number of carbonyl (C=O) groups excluding carboxylic acids is 1. The zero-order valence-electron chi connectivity index (χ0n) is 12.0. The van der Waals surface area contributed by atoms with Gasteiger partial charge in [-0.3, -0.25) is 4.79 Å². The minimum atomic E-state index is -0.124. The lowest BCUT2D eigenvalue weighted by Crippen LogP contribution is -2.34. The first-order valence-electron chi connectivity index (χ1n) is 6.58. The maximum atomic E-state index is 12.1. The van der Waals surface area contributed by atoms with Crippen molar-refractivity contribution in [3.63, 3.8) is 0 Å². The van der Waals surface area contributed by atoms with Crippen LogP contribution < -0.4 is 5.32 Å². The summed E-state index contributed by atoms with van der Waals surface area (Å²) in [6.45, 7) is 0.544. The topological polar surface area (TPSA) is 56.1 Å². The second kappa shape index (κ2) is 7.02. The van der Waals surface area contributed by atoms with E-state index in [4.69, 9.17) is 5.26 Å². The molecule has 1 aromatic heterocycles. The van der Waals surface area contributed by atoms with Crippen LogP contribution in [0, 0.1) is 11.3 Å². The van der Waals surface area contributed by atoms with Crippen molar-refractivity contribution < 1.29 is 4.79 Å². The Bertz CT molecular complexity index is 627. The molecule has 2 rings (SSSR count). The minimum absolute atomic E-state index is 0.124. The molecule has 108 valence electrons. The first-order valence-corrected chi connectivity index (χ1v) is 7.53. The van der Waals surface area contributed by atoms with Gasteiger partial charge in [0.2, 0.25) is 0 Å². The molecule has 0 bridgehead atoms. The van der Waals surface area contributed by atoms with Crippen molar-refractivity contribution >= 4 is 17.2 Å². The molecule has 0 saturated heterocycles. The van der Waals surface area contributed by atoms with Gasteiger partial charge in [0.25, 0.3) is 5.91 Å². The Morgan fingerprint density at radius 1 is 1.33 bits per heavy atom. The van der Waals surface area contributed by atoms with Crippen LogP contribution in [0.25, 0.3) is 0 Å². The summed E-state index contributed by atoms with van der Waals surface area (Å²) in [4.78, 5) is 14.2. The number of nitrogens with one attached hydrogen (secondary N) is 1. The van der Waals surface area contributed by atoms with Crippen molar-refractivity contribution in [3.8, 4) is 6.07 Å². The van der Waals surface area contributed by atoms with Crippen LogP contribution in [-0.4, -0.2) is 31.4 Å². The number of hydrogen-bond donors (Lipinski definition) is 1. The number of benzene rings is 1. The first kappa shape index (κ1) is 15.2. The van der Waals surface area contributed by atoms with Gasteiger partial charge < -0.3 is 10.2 Å². The lowest BCUT2D eigenvalue weighted by molar-refractivity contribution is 0.0942. The third-order valence-corrected chi connectivity index (χ3v) is 3.98. The van der Waals surface area contributed by atoms with Crippen molar-refractivity contribution in [1.29, 1.82) is 5.26 Å². The molecule has 1 aromatic carbocycles. The molecule has 4 nitrogen and oxygen atoms in total. The van der Waals surface area contributed by atoms with Crippen LogP contribution in [0.1, 0.15) is 27.5 Å². The average molecular weight is 299 g/mol. The SMILES string of the molecule is CN(C)[C@H](CNC(=O)c1ccc(C#N)cc1)c1ccsc1. The molecule has 1 atom stereocenters. The van der Waals surface area contributed by atoms with E-state index in [9.17, 15) is 4.79 Å². The average Bonchev–Trinajstić information content (AvgIpc) is 3.01. The zero-order valence-corrected chi connectivity index (χ0v) is 12.9. The molecule has 1 amide bonds. The highest BCUT2D eigenvalue weighted by molar-refractivity contribution is 7.07. The molecule has 0 saturated carbocycles. The molecular weight excluding hydrogens is 282 g/mol. The Kier molecular flexibility index (Phi) is 5.09. The highest BCUT2D eigenvalue weighted by Gasteiger charge is 2.16. The van der Waals surface area contributed by atoms with Crippen LogP contribution in [0.2, 0.25) is 0 Å². The summed E-state index contributed by atoms with van der Waals surface area (Å²) >= 11 is 1.65. The van der Waals surface area contributed by atoms with E-state index in [2.05, 4.69) is 21.7 Å². The van der Waals surface area contributed by atoms with Gasteiger partial charge in [-0.1, -0.05) is 0 Å². The summed E-state index contributed by atoms with van der Waals surface area (Å²) in [7, 11) is 3.99. The maximum absolute atomic E-state index is 12.1. The number of hydrogen-bond acceptors (Lipinski definition) is 4. The molecule has 21 heavy (non-hydrogen) atoms. The molecule has 0 fully saturated rings. The standard InChI is InChI=1S/C16H17N3OS/c1-19(2)15(14-7-8-21-11-14)10-18-16(20)13-5-3-12(9-17)4-6-13/h3-8,11,15H,10H2,1-2H3,(H,18,20)/t15-/m1/s1. The fourth-order valence-electron chi connectivity index (χ4n) is 2.05. The van der Waals surface area contributed by atoms with Crippen LogP contribution in [-0.2, 0) is 0 Å². The van der Waals surface area contributed by atoms with Gasteiger partial charge in [-0.05, 0) is 60.8 Å². The van der Waals surface area contributed by atoms with Crippen LogP contribution in [0.4, 0.5) is 0 Å². The summed E-state index contributed by atoms with van der Waals surface area (Å²) < 4.78 is 0. The number of nitriles is 1. The molecule has 0 aliphatic heterocycles. The summed E-state index contributed by atoms with van der Waals surface area (Å²) in [6, 6.07) is 10.9. The van der Waals surface area contributed by atoms with Crippen molar-refractivity contribution in [2.75, 3.05) is 20.6 Å². The molecule has 1 heterocycles. The van der Waals surface area contributed by atoms with Gasteiger partial charge in [0, 0.05) is 12.1 Å². The van der Waals surface area contributed by atoms with Gasteiger partial charge in [-0.15, -0.1) is 0 Å². The van der Waals surface area contributed by atoms with E-state index in [1.165, 1.54) is 5.56 Å². The van der Waals surface area contributed by atoms with Gasteiger partial charge in [0.05, 0.1) is 17.7 Å². The minimum Gasteiger partial charge on any atom is -0.350 e. The highest BCUT2D eigenvalue weighted by atomic mass is 32.1. The van der Waals surface area contributed by atoms with Crippen LogP contribution in [0.15, 0.2) is 41.1 Å². The molecule has 5 heteroatoms. The van der Waals surface area contributed by atoms with Crippen molar-refractivity contribution in [2.24, 2.45) is 0 Å². The molecule has 2 aromatic rings. The van der Waals surface area contributed by atoms with Crippen molar-refractivity contribution in [2.45, 2.75) is 6.04 Å². The number of amides is 1. The summed E-state index contributed by atoms with van der Waals surface area (Å²) in [5.41, 5.74) is 2.32. The second-order valence-electron chi connectivity index (χ2n) is 4.94. The maximum Gasteiger partial charge on any atom is 0.251 e. The van der Waals surface area contributed by atoms with Crippen molar-refractivity contribution in [1.82, 2.24) is 10.2 Å². The van der Waals surface area contributed by atoms with E-state index < -0.39 is 0 Å². The number of thiophene rings is 1. The van der Waals surface area contributed by atoms with Gasteiger partial charge in [0.15, 0.2) is 0 Å². The van der Waals surface area contributed by atoms with Crippen LogP contribution in [0.5, 0.6) is 0 Å². The van der Waals surface area contributed by atoms with E-state index in [1.807, 2.05) is 25.5 Å². The Morgan fingerprint density at radius 3 is 2.57 bits per heavy atom. The van der Waals surface area contributed by atoms with E-state index >= 15 is 0 Å². The Labute approximate surface area is 128 Å². The summed E-state index contributed by atoms with van der Waals surface area (Å²) in [5.74, 6) is -0.124. The normalized spacial score (nSPS) is 11.9. The Hall–Kier alpha value is -2.16. The van der Waals surface area contributed by atoms with Gasteiger partial charge in [-0.2, -0.15) is 16.6 Å². The number of nitrogens with zero attached hydrogens (tertiary/aromatic N) is 2. The van der Waals surface area contributed by atoms with Crippen LogP contribution >= 0.6 is 11.3 Å². The second-order valence-corrected chi connectivity index (χ2v) is 5.72. The summed E-state index contributed by atoms with van der Waals surface area (Å²) in [5, 5.41) is 15.8. The highest BCUT2D eigenvalue weighted by Crippen LogP contribution is 2.20. The van der Waals surface area contributed by atoms with E-state index in [1.54, 1.807) is 35.6 Å². The largest absolute Gasteiger partial charge is 0.350 e. The molecular formula is C16H17N3OS. The predicted molar refractivity (Wildman–Crippen MR) is 84.2 cm³/mol. The smallest absolute Gasteiger partial charge is 0.251 e. The Balaban J connectivity index is 2.00. The van der Waals surface area contributed by atoms with Crippen molar-refractivity contribution in [3.05, 3.63) is 57.8 Å². The lowest BCUT2D eigenvalue weighted by Gasteiger charge is -2.24. The number of likely N-dealkylation sites (N-methyl/N-ethyl adjacent to an activating group) is 1. The van der Waals surface area contributed by atoms with E-state index in [-0.39, 0.29) is 11.9 Å². The summed E-state index contributed by atoms with van der Waals surface area (Å²) in [6.07, 6.45) is 0. The van der Waals surface area contributed by atoms with Crippen LogP contribution in [0.3, 0.4) is 0 Å².